The number of nitrogens with one attached hydrogen (secondary N) is 2. The van der Waals surface area contributed by atoms with Gasteiger partial charge in [0.25, 0.3) is 0 Å². The SMILES string of the molecule is CC1C(=O)Nc2ccc(NC(=O)C34CC5CC(CC(C5)C3)C4)cc21. The van der Waals surface area contributed by atoms with Gasteiger partial charge in [-0.2, -0.15) is 0 Å². The van der Waals surface area contributed by atoms with Crippen LogP contribution in [0.15, 0.2) is 18.2 Å². The lowest BCUT2D eigenvalue weighted by Gasteiger charge is -2.55. The predicted octanol–water partition coefficient (Wildman–Crippen LogP) is 3.90. The van der Waals surface area contributed by atoms with Crippen molar-refractivity contribution < 1.29 is 9.59 Å². The highest BCUT2D eigenvalue weighted by Gasteiger charge is 2.54. The summed E-state index contributed by atoms with van der Waals surface area (Å²) in [6.45, 7) is 1.91. The molecule has 5 aliphatic rings. The molecule has 1 atom stereocenters. The maximum Gasteiger partial charge on any atom is 0.231 e. The molecule has 4 heteroatoms. The monoisotopic (exact) mass is 324 g/mol. The topological polar surface area (TPSA) is 58.2 Å². The van der Waals surface area contributed by atoms with Crippen molar-refractivity contribution in [3.05, 3.63) is 23.8 Å². The number of amides is 2. The zero-order chi connectivity index (χ0) is 16.5. The van der Waals surface area contributed by atoms with Gasteiger partial charge in [0, 0.05) is 11.4 Å². The van der Waals surface area contributed by atoms with E-state index in [0.717, 1.165) is 54.0 Å². The lowest BCUT2D eigenvalue weighted by molar-refractivity contribution is -0.140. The summed E-state index contributed by atoms with van der Waals surface area (Å²) < 4.78 is 0. The molecule has 0 saturated heterocycles. The smallest absolute Gasteiger partial charge is 0.231 e. The van der Waals surface area contributed by atoms with Gasteiger partial charge in [0.1, 0.15) is 0 Å². The van der Waals surface area contributed by atoms with E-state index in [0.29, 0.717) is 0 Å². The van der Waals surface area contributed by atoms with Gasteiger partial charge in [-0.15, -0.1) is 0 Å². The third kappa shape index (κ3) is 2.04. The number of hydrogen-bond acceptors (Lipinski definition) is 2. The van der Waals surface area contributed by atoms with E-state index in [-0.39, 0.29) is 23.1 Å². The van der Waals surface area contributed by atoms with Crippen molar-refractivity contribution in [1.82, 2.24) is 0 Å². The minimum absolute atomic E-state index is 0.0366. The van der Waals surface area contributed by atoms with Crippen LogP contribution in [0.1, 0.15) is 56.9 Å². The maximum absolute atomic E-state index is 13.1. The van der Waals surface area contributed by atoms with Gasteiger partial charge in [0.15, 0.2) is 0 Å². The first-order valence-electron chi connectivity index (χ1n) is 9.29. The first-order valence-corrected chi connectivity index (χ1v) is 9.29. The number of anilines is 2. The first-order chi connectivity index (χ1) is 11.5. The number of rotatable bonds is 2. The molecule has 4 nitrogen and oxygen atoms in total. The molecule has 1 heterocycles. The highest BCUT2D eigenvalue weighted by molar-refractivity contribution is 6.03. The highest BCUT2D eigenvalue weighted by Crippen LogP contribution is 2.60. The molecular formula is C20H24N2O2. The molecule has 24 heavy (non-hydrogen) atoms. The summed E-state index contributed by atoms with van der Waals surface area (Å²) in [6, 6.07) is 5.79. The Bertz CT molecular complexity index is 704. The molecule has 1 aromatic carbocycles. The molecule has 6 rings (SSSR count). The van der Waals surface area contributed by atoms with Gasteiger partial charge in [0.2, 0.25) is 11.8 Å². The third-order valence-electron chi connectivity index (χ3n) is 6.95. The van der Waals surface area contributed by atoms with Crippen LogP contribution in [0.25, 0.3) is 0 Å². The molecule has 0 spiro atoms. The lowest BCUT2D eigenvalue weighted by atomic mass is 9.49. The van der Waals surface area contributed by atoms with Gasteiger partial charge in [0.05, 0.1) is 11.3 Å². The average molecular weight is 324 g/mol. The second-order valence-corrected chi connectivity index (χ2v) is 8.66. The largest absolute Gasteiger partial charge is 0.326 e. The van der Waals surface area contributed by atoms with Crippen LogP contribution in [-0.2, 0) is 9.59 Å². The van der Waals surface area contributed by atoms with E-state index in [4.69, 9.17) is 0 Å². The summed E-state index contributed by atoms with van der Waals surface area (Å²) in [5.74, 6) is 2.41. The quantitative estimate of drug-likeness (QED) is 0.867. The molecule has 2 amide bonds. The Morgan fingerprint density at radius 2 is 1.75 bits per heavy atom. The molecule has 4 aliphatic carbocycles. The van der Waals surface area contributed by atoms with Crippen molar-refractivity contribution >= 4 is 23.2 Å². The fourth-order valence-corrected chi connectivity index (χ4v) is 6.15. The van der Waals surface area contributed by atoms with Crippen molar-refractivity contribution in [2.75, 3.05) is 10.6 Å². The number of fused-ring (bicyclic) bond motifs is 1. The van der Waals surface area contributed by atoms with Crippen LogP contribution >= 0.6 is 0 Å². The van der Waals surface area contributed by atoms with E-state index in [2.05, 4.69) is 10.6 Å². The zero-order valence-electron chi connectivity index (χ0n) is 14.1. The molecule has 1 aromatic rings. The summed E-state index contributed by atoms with van der Waals surface area (Å²) in [5.41, 5.74) is 2.56. The minimum Gasteiger partial charge on any atom is -0.326 e. The third-order valence-corrected chi connectivity index (χ3v) is 6.95. The first kappa shape index (κ1) is 14.5. The van der Waals surface area contributed by atoms with Gasteiger partial charge in [-0.05, 0) is 87.0 Å². The summed E-state index contributed by atoms with van der Waals surface area (Å²) >= 11 is 0. The molecule has 0 aromatic heterocycles. The summed E-state index contributed by atoms with van der Waals surface area (Å²) in [4.78, 5) is 24.9. The van der Waals surface area contributed by atoms with Crippen molar-refractivity contribution in [2.45, 2.75) is 51.4 Å². The van der Waals surface area contributed by atoms with Gasteiger partial charge < -0.3 is 10.6 Å². The Kier molecular flexibility index (Phi) is 2.92. The zero-order valence-corrected chi connectivity index (χ0v) is 14.1. The van der Waals surface area contributed by atoms with Gasteiger partial charge in [-0.1, -0.05) is 0 Å². The Morgan fingerprint density at radius 3 is 2.38 bits per heavy atom. The molecule has 0 radical (unpaired) electrons. The second kappa shape index (κ2) is 4.84. The second-order valence-electron chi connectivity index (χ2n) is 8.66. The molecule has 4 saturated carbocycles. The summed E-state index contributed by atoms with van der Waals surface area (Å²) in [5, 5.41) is 6.07. The minimum atomic E-state index is -0.142. The predicted molar refractivity (Wildman–Crippen MR) is 92.7 cm³/mol. The molecule has 1 aliphatic heterocycles. The van der Waals surface area contributed by atoms with Crippen molar-refractivity contribution in [2.24, 2.45) is 23.2 Å². The van der Waals surface area contributed by atoms with Crippen LogP contribution < -0.4 is 10.6 Å². The van der Waals surface area contributed by atoms with Crippen LogP contribution in [0.5, 0.6) is 0 Å². The van der Waals surface area contributed by atoms with E-state index in [9.17, 15) is 9.59 Å². The highest BCUT2D eigenvalue weighted by atomic mass is 16.2. The van der Waals surface area contributed by atoms with Crippen LogP contribution in [0, 0.1) is 23.2 Å². The Balaban J connectivity index is 1.39. The van der Waals surface area contributed by atoms with E-state index < -0.39 is 0 Å². The van der Waals surface area contributed by atoms with Crippen LogP contribution in [0.4, 0.5) is 11.4 Å². The van der Waals surface area contributed by atoms with E-state index in [1.54, 1.807) is 0 Å². The molecule has 126 valence electrons. The van der Waals surface area contributed by atoms with Crippen LogP contribution in [-0.4, -0.2) is 11.8 Å². The van der Waals surface area contributed by atoms with Crippen molar-refractivity contribution in [3.8, 4) is 0 Å². The number of hydrogen-bond donors (Lipinski definition) is 2. The normalized spacial score (nSPS) is 38.8. The van der Waals surface area contributed by atoms with Crippen molar-refractivity contribution in [1.29, 1.82) is 0 Å². The molecular weight excluding hydrogens is 300 g/mol. The Morgan fingerprint density at radius 1 is 1.12 bits per heavy atom. The van der Waals surface area contributed by atoms with Crippen LogP contribution in [0.3, 0.4) is 0 Å². The standard InChI is InChI=1S/C20H24N2O2/c1-11-16-7-15(2-3-17(16)22-18(11)23)21-19(24)20-8-12-4-13(9-20)6-14(5-12)10-20/h2-3,7,11-14H,4-6,8-10H2,1H3,(H,21,24)(H,22,23). The van der Waals surface area contributed by atoms with Gasteiger partial charge in [-0.3, -0.25) is 9.59 Å². The van der Waals surface area contributed by atoms with Gasteiger partial charge in [-0.25, -0.2) is 0 Å². The van der Waals surface area contributed by atoms with E-state index in [1.807, 2.05) is 25.1 Å². The molecule has 1 unspecified atom stereocenters. The molecule has 4 fully saturated rings. The maximum atomic E-state index is 13.1. The Labute approximate surface area is 142 Å². The number of carbonyl (C=O) groups excluding carboxylic acids is 2. The molecule has 4 bridgehead atoms. The fourth-order valence-electron chi connectivity index (χ4n) is 6.15. The number of carbonyl (C=O) groups is 2. The van der Waals surface area contributed by atoms with Crippen LogP contribution in [0.2, 0.25) is 0 Å². The number of benzene rings is 1. The lowest BCUT2D eigenvalue weighted by Crippen LogP contribution is -2.51. The summed E-state index contributed by atoms with van der Waals surface area (Å²) in [6.07, 6.45) is 7.26. The summed E-state index contributed by atoms with van der Waals surface area (Å²) in [7, 11) is 0. The van der Waals surface area contributed by atoms with E-state index in [1.165, 1.54) is 19.3 Å². The van der Waals surface area contributed by atoms with Gasteiger partial charge >= 0.3 is 0 Å². The average Bonchev–Trinajstić information content (AvgIpc) is 2.81. The van der Waals surface area contributed by atoms with E-state index >= 15 is 0 Å². The van der Waals surface area contributed by atoms with Crippen molar-refractivity contribution in [3.63, 3.8) is 0 Å². The molecule has 2 N–H and O–H groups in total. The fraction of sp³-hybridized carbons (Fsp3) is 0.600. The Hall–Kier alpha value is -1.84.